The molecule has 2 aromatic rings. The Labute approximate surface area is 141 Å². The maximum atomic E-state index is 12.5. The Morgan fingerprint density at radius 2 is 1.71 bits per heavy atom. The third-order valence-corrected chi connectivity index (χ3v) is 4.08. The van der Waals surface area contributed by atoms with Gasteiger partial charge >= 0.3 is 6.18 Å². The van der Waals surface area contributed by atoms with Gasteiger partial charge in [0, 0.05) is 13.7 Å². The Morgan fingerprint density at radius 3 is 2.29 bits per heavy atom. The van der Waals surface area contributed by atoms with Crippen molar-refractivity contribution in [1.29, 1.82) is 0 Å². The van der Waals surface area contributed by atoms with E-state index < -0.39 is 11.7 Å². The number of carbonyl (C=O) groups excluding carboxylic acids is 1. The Morgan fingerprint density at radius 1 is 1.10 bits per heavy atom. The van der Waals surface area contributed by atoms with E-state index in [-0.39, 0.29) is 5.91 Å². The van der Waals surface area contributed by atoms with Gasteiger partial charge in [0.05, 0.1) is 11.1 Å². The van der Waals surface area contributed by atoms with Crippen molar-refractivity contribution < 1.29 is 18.0 Å². The topological polar surface area (TPSA) is 29.1 Å². The average Bonchev–Trinajstić information content (AvgIpc) is 2.41. The van der Waals surface area contributed by atoms with Gasteiger partial charge in [-0.15, -0.1) is 0 Å². The van der Waals surface area contributed by atoms with Gasteiger partial charge < -0.3 is 5.32 Å². The summed E-state index contributed by atoms with van der Waals surface area (Å²) in [6, 6.07) is 9.55. The van der Waals surface area contributed by atoms with Crippen LogP contribution < -0.4 is 5.32 Å². The summed E-state index contributed by atoms with van der Waals surface area (Å²) in [7, 11) is 0. The summed E-state index contributed by atoms with van der Waals surface area (Å²) in [6.45, 7) is 0. The monoisotopic (exact) mass is 469 g/mol. The fourth-order valence-electron chi connectivity index (χ4n) is 1.61. The minimum atomic E-state index is -4.39. The summed E-state index contributed by atoms with van der Waals surface area (Å²) >= 11 is 5.29. The van der Waals surface area contributed by atoms with Crippen molar-refractivity contribution in [3.05, 3.63) is 61.6 Å². The zero-order valence-corrected chi connectivity index (χ0v) is 14.1. The van der Waals surface area contributed by atoms with Gasteiger partial charge in [-0.2, -0.15) is 13.2 Å². The zero-order chi connectivity index (χ0) is 15.6. The predicted octanol–water partition coefficient (Wildman–Crippen LogP) is 5.32. The molecule has 0 aromatic heterocycles. The molecule has 0 aliphatic carbocycles. The molecule has 110 valence electrons. The quantitative estimate of drug-likeness (QED) is 0.592. The van der Waals surface area contributed by atoms with Crippen LogP contribution in [-0.4, -0.2) is 5.91 Å². The van der Waals surface area contributed by atoms with Gasteiger partial charge in [0.2, 0.25) is 0 Å². The van der Waals surface area contributed by atoms with E-state index in [1.807, 2.05) is 22.6 Å². The number of benzene rings is 2. The molecule has 2 aromatic carbocycles. The molecule has 0 bridgehead atoms. The molecule has 0 saturated carbocycles. The van der Waals surface area contributed by atoms with Gasteiger partial charge in [0.15, 0.2) is 0 Å². The van der Waals surface area contributed by atoms with Gasteiger partial charge in [-0.05, 0) is 65.1 Å². The van der Waals surface area contributed by atoms with Gasteiger partial charge in [-0.3, -0.25) is 4.79 Å². The fourth-order valence-corrected chi connectivity index (χ4v) is 2.55. The molecule has 1 N–H and O–H groups in total. The second-order valence-corrected chi connectivity index (χ2v) is 6.23. The van der Waals surface area contributed by atoms with Gasteiger partial charge in [-0.1, -0.05) is 15.9 Å². The molecule has 0 saturated heterocycles. The molecular weight excluding hydrogens is 462 g/mol. The van der Waals surface area contributed by atoms with Crippen LogP contribution in [0.5, 0.6) is 0 Å². The van der Waals surface area contributed by atoms with Crippen LogP contribution in [0.2, 0.25) is 0 Å². The predicted molar refractivity (Wildman–Crippen MR) is 86.3 cm³/mol. The van der Waals surface area contributed by atoms with E-state index in [9.17, 15) is 18.0 Å². The number of hydrogen-bond acceptors (Lipinski definition) is 1. The number of anilines is 1. The van der Waals surface area contributed by atoms with Crippen molar-refractivity contribution >= 4 is 50.1 Å². The molecule has 0 atom stereocenters. The number of rotatable bonds is 2. The maximum Gasteiger partial charge on any atom is 0.416 e. The van der Waals surface area contributed by atoms with Crippen LogP contribution in [0, 0.1) is 3.57 Å². The molecule has 21 heavy (non-hydrogen) atoms. The molecule has 2 rings (SSSR count). The molecule has 0 aliphatic heterocycles. The molecule has 0 radical (unpaired) electrons. The lowest BCUT2D eigenvalue weighted by atomic mass is 10.2. The molecule has 7 heteroatoms. The maximum absolute atomic E-state index is 12.5. The van der Waals surface area contributed by atoms with E-state index in [4.69, 9.17) is 0 Å². The summed E-state index contributed by atoms with van der Waals surface area (Å²) in [4.78, 5) is 12.1. The molecule has 0 aliphatic rings. The van der Waals surface area contributed by atoms with Crippen LogP contribution in [0.3, 0.4) is 0 Å². The normalized spacial score (nSPS) is 11.3. The second-order valence-electron chi connectivity index (χ2n) is 4.15. The third kappa shape index (κ3) is 4.19. The van der Waals surface area contributed by atoms with Crippen molar-refractivity contribution in [2.75, 3.05) is 5.32 Å². The van der Waals surface area contributed by atoms with Crippen molar-refractivity contribution in [2.24, 2.45) is 0 Å². The largest absolute Gasteiger partial charge is 0.416 e. The second kappa shape index (κ2) is 6.35. The van der Waals surface area contributed by atoms with E-state index in [1.165, 1.54) is 12.1 Å². The summed E-state index contributed by atoms with van der Waals surface area (Å²) < 4.78 is 38.9. The molecule has 2 nitrogen and oxygen atoms in total. The van der Waals surface area contributed by atoms with Crippen molar-refractivity contribution in [2.45, 2.75) is 6.18 Å². The lowest BCUT2D eigenvalue weighted by molar-refractivity contribution is -0.137. The van der Waals surface area contributed by atoms with Gasteiger partial charge in [-0.25, -0.2) is 0 Å². The zero-order valence-electron chi connectivity index (χ0n) is 10.3. The van der Waals surface area contributed by atoms with E-state index in [2.05, 4.69) is 21.2 Å². The Bertz CT molecular complexity index is 671. The van der Waals surface area contributed by atoms with Gasteiger partial charge in [0.1, 0.15) is 0 Å². The van der Waals surface area contributed by atoms with Crippen LogP contribution >= 0.6 is 38.5 Å². The van der Waals surface area contributed by atoms with Crippen LogP contribution in [0.15, 0.2) is 46.9 Å². The lowest BCUT2D eigenvalue weighted by Crippen LogP contribution is -2.14. The number of amides is 1. The number of carbonyl (C=O) groups is 1. The van der Waals surface area contributed by atoms with Crippen LogP contribution in [0.1, 0.15) is 15.9 Å². The fraction of sp³-hybridized carbons (Fsp3) is 0.0714. The van der Waals surface area contributed by atoms with E-state index in [1.54, 1.807) is 18.2 Å². The summed E-state index contributed by atoms with van der Waals surface area (Å²) in [5.41, 5.74) is 0.00573. The highest BCUT2D eigenvalue weighted by atomic mass is 127. The molecule has 1 amide bonds. The molecule has 0 spiro atoms. The minimum absolute atomic E-state index is 0.309. The van der Waals surface area contributed by atoms with Crippen LogP contribution in [-0.2, 0) is 6.18 Å². The van der Waals surface area contributed by atoms with Gasteiger partial charge in [0.25, 0.3) is 5.91 Å². The molecule has 0 fully saturated rings. The lowest BCUT2D eigenvalue weighted by Gasteiger charge is -2.10. The Hall–Kier alpha value is -1.09. The van der Waals surface area contributed by atoms with Crippen LogP contribution in [0.25, 0.3) is 0 Å². The Balaban J connectivity index is 2.18. The van der Waals surface area contributed by atoms with Crippen LogP contribution in [0.4, 0.5) is 18.9 Å². The minimum Gasteiger partial charge on any atom is -0.322 e. The first kappa shape index (κ1) is 16.3. The van der Waals surface area contributed by atoms with E-state index in [0.717, 1.165) is 20.2 Å². The molecule has 0 heterocycles. The first-order valence-corrected chi connectivity index (χ1v) is 7.58. The van der Waals surface area contributed by atoms with E-state index in [0.29, 0.717) is 11.3 Å². The number of halogens is 5. The third-order valence-electron chi connectivity index (χ3n) is 2.64. The van der Waals surface area contributed by atoms with Crippen molar-refractivity contribution in [1.82, 2.24) is 0 Å². The highest BCUT2D eigenvalue weighted by molar-refractivity contribution is 14.1. The summed E-state index contributed by atoms with van der Waals surface area (Å²) in [5.74, 6) is -0.375. The van der Waals surface area contributed by atoms with E-state index >= 15 is 0 Å². The molecular formula is C14H8BrF3INO. The number of hydrogen-bond donors (Lipinski definition) is 1. The highest BCUT2D eigenvalue weighted by Gasteiger charge is 2.30. The SMILES string of the molecule is O=C(Nc1ccc(C(F)(F)F)cc1)c1cc(Br)ccc1I. The summed E-state index contributed by atoms with van der Waals surface area (Å²) in [5, 5.41) is 2.57. The van der Waals surface area contributed by atoms with Crippen molar-refractivity contribution in [3.63, 3.8) is 0 Å². The number of alkyl halides is 3. The first-order valence-electron chi connectivity index (χ1n) is 5.71. The Kier molecular flexibility index (Phi) is 4.92. The molecule has 0 unspecified atom stereocenters. The first-order chi connectivity index (χ1) is 9.77. The standard InChI is InChI=1S/C14H8BrF3INO/c15-9-3-6-12(19)11(7-9)13(21)20-10-4-1-8(2-5-10)14(16,17)18/h1-7H,(H,20,21). The summed E-state index contributed by atoms with van der Waals surface area (Å²) in [6.07, 6.45) is -4.39. The number of nitrogens with one attached hydrogen (secondary N) is 1. The highest BCUT2D eigenvalue weighted by Crippen LogP contribution is 2.30. The average molecular weight is 470 g/mol. The van der Waals surface area contributed by atoms with Crippen molar-refractivity contribution in [3.8, 4) is 0 Å². The smallest absolute Gasteiger partial charge is 0.322 e.